The average Bonchev–Trinajstić information content (AvgIpc) is 2.98. The van der Waals surface area contributed by atoms with E-state index in [0.29, 0.717) is 12.5 Å². The summed E-state index contributed by atoms with van der Waals surface area (Å²) in [7, 11) is 1.84. The molecule has 23 heavy (non-hydrogen) atoms. The maximum absolute atomic E-state index is 5.37. The number of aliphatic imine (C=N–C) groups is 1. The van der Waals surface area contributed by atoms with Crippen molar-refractivity contribution in [1.82, 2.24) is 20.3 Å². The molecule has 1 aromatic heterocycles. The van der Waals surface area contributed by atoms with Gasteiger partial charge in [0.1, 0.15) is 0 Å². The van der Waals surface area contributed by atoms with E-state index in [1.54, 1.807) is 0 Å². The van der Waals surface area contributed by atoms with Crippen LogP contribution in [0.5, 0.6) is 0 Å². The van der Waals surface area contributed by atoms with E-state index in [4.69, 9.17) is 4.52 Å². The van der Waals surface area contributed by atoms with Crippen LogP contribution in [0.25, 0.3) is 0 Å². The summed E-state index contributed by atoms with van der Waals surface area (Å²) in [4.78, 5) is 9.25. The van der Waals surface area contributed by atoms with Crippen molar-refractivity contribution in [2.75, 3.05) is 39.8 Å². The second-order valence-electron chi connectivity index (χ2n) is 6.96. The number of hydrogen-bond acceptors (Lipinski definition) is 4. The van der Waals surface area contributed by atoms with Crippen LogP contribution in [0, 0.1) is 5.92 Å². The number of nitrogens with zero attached hydrogens (tertiary/aromatic N) is 4. The second-order valence-corrected chi connectivity index (χ2v) is 6.96. The van der Waals surface area contributed by atoms with Gasteiger partial charge in [0.2, 0.25) is 0 Å². The predicted molar refractivity (Wildman–Crippen MR) is 93.6 cm³/mol. The minimum absolute atomic E-state index is 0.390. The summed E-state index contributed by atoms with van der Waals surface area (Å²) in [5, 5.41) is 7.48. The van der Waals surface area contributed by atoms with Crippen LogP contribution in [0.3, 0.4) is 0 Å². The standard InChI is InChI=1S/C17H31N5O/c1-13(2)12-21-6-8-22(9-7-21)17(18-5)19-11-15-10-16(14(3)4)20-23-15/h10,13-14H,6-9,11-12H2,1-5H3,(H,18,19). The number of hydrogen-bond donors (Lipinski definition) is 1. The molecule has 0 spiro atoms. The molecule has 6 nitrogen and oxygen atoms in total. The molecule has 1 fully saturated rings. The van der Waals surface area contributed by atoms with Crippen LogP contribution >= 0.6 is 0 Å². The topological polar surface area (TPSA) is 56.9 Å². The van der Waals surface area contributed by atoms with Gasteiger partial charge in [0.05, 0.1) is 12.2 Å². The lowest BCUT2D eigenvalue weighted by Crippen LogP contribution is -2.52. The molecule has 1 aromatic rings. The molecule has 1 N–H and O–H groups in total. The molecule has 2 rings (SSSR count). The van der Waals surface area contributed by atoms with Gasteiger partial charge in [-0.05, 0) is 11.8 Å². The summed E-state index contributed by atoms with van der Waals surface area (Å²) < 4.78 is 5.37. The maximum atomic E-state index is 5.37. The Labute approximate surface area is 139 Å². The van der Waals surface area contributed by atoms with Gasteiger partial charge in [-0.2, -0.15) is 0 Å². The average molecular weight is 321 g/mol. The van der Waals surface area contributed by atoms with E-state index in [2.05, 4.69) is 53.0 Å². The zero-order chi connectivity index (χ0) is 16.8. The predicted octanol–water partition coefficient (Wildman–Crippen LogP) is 2.15. The van der Waals surface area contributed by atoms with Crippen LogP contribution < -0.4 is 5.32 Å². The highest BCUT2D eigenvalue weighted by Crippen LogP contribution is 2.14. The molecule has 0 unspecified atom stereocenters. The Morgan fingerprint density at radius 1 is 1.26 bits per heavy atom. The van der Waals surface area contributed by atoms with Gasteiger partial charge in [-0.25, -0.2) is 0 Å². The lowest BCUT2D eigenvalue weighted by molar-refractivity contribution is 0.163. The largest absolute Gasteiger partial charge is 0.359 e. The molecular weight excluding hydrogens is 290 g/mol. The molecule has 1 saturated heterocycles. The minimum atomic E-state index is 0.390. The van der Waals surface area contributed by atoms with Gasteiger partial charge in [0.25, 0.3) is 0 Å². The zero-order valence-electron chi connectivity index (χ0n) is 15.2. The molecule has 0 aromatic carbocycles. The summed E-state index contributed by atoms with van der Waals surface area (Å²) in [6.45, 7) is 14.8. The van der Waals surface area contributed by atoms with Crippen molar-refractivity contribution < 1.29 is 4.52 Å². The minimum Gasteiger partial charge on any atom is -0.359 e. The normalized spacial score (nSPS) is 17.3. The van der Waals surface area contributed by atoms with E-state index in [1.807, 2.05) is 13.1 Å². The number of piperazine rings is 1. The van der Waals surface area contributed by atoms with Crippen LogP contribution in [0.4, 0.5) is 0 Å². The summed E-state index contributed by atoms with van der Waals surface area (Å²) in [5.41, 5.74) is 0.999. The van der Waals surface area contributed by atoms with Crippen LogP contribution in [0.15, 0.2) is 15.6 Å². The lowest BCUT2D eigenvalue weighted by Gasteiger charge is -2.37. The third kappa shape index (κ3) is 5.23. The van der Waals surface area contributed by atoms with Crippen LogP contribution in [-0.4, -0.2) is 60.7 Å². The Bertz CT molecular complexity index is 501. The lowest BCUT2D eigenvalue weighted by atomic mass is 10.1. The van der Waals surface area contributed by atoms with E-state index < -0.39 is 0 Å². The summed E-state index contributed by atoms with van der Waals surface area (Å²) in [5.74, 6) is 2.91. The molecular formula is C17H31N5O. The van der Waals surface area contributed by atoms with Gasteiger partial charge in [-0.15, -0.1) is 0 Å². The van der Waals surface area contributed by atoms with E-state index in [1.165, 1.54) is 6.54 Å². The summed E-state index contributed by atoms with van der Waals surface area (Å²) in [6.07, 6.45) is 0. The van der Waals surface area contributed by atoms with Gasteiger partial charge in [-0.1, -0.05) is 32.9 Å². The van der Waals surface area contributed by atoms with Gasteiger partial charge < -0.3 is 14.7 Å². The fourth-order valence-electron chi connectivity index (χ4n) is 2.84. The third-order valence-electron chi connectivity index (χ3n) is 4.10. The van der Waals surface area contributed by atoms with Crippen molar-refractivity contribution in [3.8, 4) is 0 Å². The molecule has 0 bridgehead atoms. The highest BCUT2D eigenvalue weighted by Gasteiger charge is 2.20. The van der Waals surface area contributed by atoms with Gasteiger partial charge in [0.15, 0.2) is 11.7 Å². The smallest absolute Gasteiger partial charge is 0.194 e. The first-order valence-electron chi connectivity index (χ1n) is 8.63. The van der Waals surface area contributed by atoms with E-state index in [9.17, 15) is 0 Å². The Morgan fingerprint density at radius 2 is 1.96 bits per heavy atom. The maximum Gasteiger partial charge on any atom is 0.194 e. The zero-order valence-corrected chi connectivity index (χ0v) is 15.2. The first-order valence-corrected chi connectivity index (χ1v) is 8.63. The fraction of sp³-hybridized carbons (Fsp3) is 0.765. The Balaban J connectivity index is 1.81. The molecule has 0 aliphatic carbocycles. The van der Waals surface area contributed by atoms with E-state index >= 15 is 0 Å². The van der Waals surface area contributed by atoms with Crippen molar-refractivity contribution >= 4 is 5.96 Å². The Hall–Kier alpha value is -1.56. The highest BCUT2D eigenvalue weighted by molar-refractivity contribution is 5.79. The molecule has 0 radical (unpaired) electrons. The van der Waals surface area contributed by atoms with Crippen LogP contribution in [0.2, 0.25) is 0 Å². The summed E-state index contributed by atoms with van der Waals surface area (Å²) in [6, 6.07) is 2.02. The van der Waals surface area contributed by atoms with Crippen LogP contribution in [-0.2, 0) is 6.54 Å². The number of rotatable bonds is 5. The molecule has 0 saturated carbocycles. The molecule has 2 heterocycles. The summed E-state index contributed by atoms with van der Waals surface area (Å²) >= 11 is 0. The first-order chi connectivity index (χ1) is 11.0. The number of nitrogens with one attached hydrogen (secondary N) is 1. The molecule has 1 aliphatic rings. The van der Waals surface area contributed by atoms with Crippen LogP contribution in [0.1, 0.15) is 45.1 Å². The third-order valence-corrected chi connectivity index (χ3v) is 4.10. The molecule has 130 valence electrons. The molecule has 6 heteroatoms. The molecule has 0 atom stereocenters. The SMILES string of the molecule is CN=C(NCc1cc(C(C)C)no1)N1CCN(CC(C)C)CC1. The quantitative estimate of drug-likeness (QED) is 0.665. The fourth-order valence-corrected chi connectivity index (χ4v) is 2.84. The second kappa shape index (κ2) is 8.34. The van der Waals surface area contributed by atoms with Gasteiger partial charge in [-0.3, -0.25) is 9.89 Å². The number of aromatic nitrogens is 1. The van der Waals surface area contributed by atoms with E-state index in [-0.39, 0.29) is 0 Å². The Kier molecular flexibility index (Phi) is 6.45. The van der Waals surface area contributed by atoms with Crippen molar-refractivity contribution in [2.24, 2.45) is 10.9 Å². The Morgan fingerprint density at radius 3 is 2.48 bits per heavy atom. The molecule has 0 amide bonds. The van der Waals surface area contributed by atoms with Crippen molar-refractivity contribution in [3.63, 3.8) is 0 Å². The first kappa shape index (κ1) is 17.8. The molecule has 1 aliphatic heterocycles. The number of guanidine groups is 1. The van der Waals surface area contributed by atoms with Crippen molar-refractivity contribution in [1.29, 1.82) is 0 Å². The highest BCUT2D eigenvalue weighted by atomic mass is 16.5. The van der Waals surface area contributed by atoms with Crippen molar-refractivity contribution in [2.45, 2.75) is 40.2 Å². The van der Waals surface area contributed by atoms with E-state index in [0.717, 1.165) is 49.5 Å². The van der Waals surface area contributed by atoms with Crippen molar-refractivity contribution in [3.05, 3.63) is 17.5 Å². The van der Waals surface area contributed by atoms with Gasteiger partial charge >= 0.3 is 0 Å². The van der Waals surface area contributed by atoms with Gasteiger partial charge in [0, 0.05) is 45.8 Å². The monoisotopic (exact) mass is 321 g/mol.